The molecular weight excluding hydrogens is 266 g/mol. The molecule has 1 aromatic heterocycles. The summed E-state index contributed by atoms with van der Waals surface area (Å²) in [6, 6.07) is 1.60. The summed E-state index contributed by atoms with van der Waals surface area (Å²) in [7, 11) is 0. The van der Waals surface area contributed by atoms with E-state index in [0.717, 1.165) is 13.0 Å². The van der Waals surface area contributed by atoms with Crippen molar-refractivity contribution in [2.24, 2.45) is 5.41 Å². The molecule has 1 N–H and O–H groups in total. The average Bonchev–Trinajstić information content (AvgIpc) is 2.11. The van der Waals surface area contributed by atoms with Crippen molar-refractivity contribution in [2.75, 3.05) is 11.9 Å². The first kappa shape index (κ1) is 13.9. The average molecular weight is 282 g/mol. The molecular formula is C11H15Cl3N2. The van der Waals surface area contributed by atoms with Crippen molar-refractivity contribution in [1.82, 2.24) is 4.98 Å². The first-order chi connectivity index (χ1) is 7.29. The lowest BCUT2D eigenvalue weighted by Gasteiger charge is -2.18. The Morgan fingerprint density at radius 3 is 2.38 bits per heavy atom. The van der Waals surface area contributed by atoms with Gasteiger partial charge in [0.1, 0.15) is 11.0 Å². The Labute approximate surface area is 111 Å². The zero-order valence-electron chi connectivity index (χ0n) is 9.57. The minimum atomic E-state index is 0.268. The molecule has 0 atom stereocenters. The number of nitrogens with one attached hydrogen (secondary N) is 1. The maximum Gasteiger partial charge on any atom is 0.150 e. The van der Waals surface area contributed by atoms with Gasteiger partial charge in [-0.3, -0.25) is 0 Å². The van der Waals surface area contributed by atoms with E-state index < -0.39 is 0 Å². The second kappa shape index (κ2) is 5.44. The van der Waals surface area contributed by atoms with Crippen LogP contribution in [-0.2, 0) is 0 Å². The van der Waals surface area contributed by atoms with Crippen molar-refractivity contribution in [3.05, 3.63) is 21.3 Å². The maximum absolute atomic E-state index is 5.98. The molecule has 1 aromatic rings. The SMILES string of the molecule is CC(C)(C)CCNc1nc(Cl)c(Cl)cc1Cl. The summed E-state index contributed by atoms with van der Waals surface area (Å²) in [5.74, 6) is 0.584. The number of aromatic nitrogens is 1. The molecule has 0 aliphatic carbocycles. The number of halogens is 3. The van der Waals surface area contributed by atoms with Crippen LogP contribution < -0.4 is 5.32 Å². The minimum Gasteiger partial charge on any atom is -0.369 e. The number of rotatable bonds is 3. The zero-order chi connectivity index (χ0) is 12.3. The van der Waals surface area contributed by atoms with Gasteiger partial charge in [0.05, 0.1) is 10.0 Å². The van der Waals surface area contributed by atoms with Gasteiger partial charge >= 0.3 is 0 Å². The van der Waals surface area contributed by atoms with Crippen LogP contribution in [0.5, 0.6) is 0 Å². The molecule has 5 heteroatoms. The van der Waals surface area contributed by atoms with E-state index in [4.69, 9.17) is 34.8 Å². The molecule has 0 saturated carbocycles. The summed E-state index contributed by atoms with van der Waals surface area (Å²) in [4.78, 5) is 4.08. The van der Waals surface area contributed by atoms with Gasteiger partial charge in [-0.15, -0.1) is 0 Å². The van der Waals surface area contributed by atoms with Gasteiger partial charge in [-0.1, -0.05) is 55.6 Å². The highest BCUT2D eigenvalue weighted by atomic mass is 35.5. The Balaban J connectivity index is 2.64. The first-order valence-electron chi connectivity index (χ1n) is 5.05. The molecule has 0 amide bonds. The number of nitrogens with zero attached hydrogens (tertiary/aromatic N) is 1. The molecule has 0 radical (unpaired) electrons. The second-order valence-corrected chi connectivity index (χ2v) is 6.00. The van der Waals surface area contributed by atoms with Crippen LogP contribution in [-0.4, -0.2) is 11.5 Å². The van der Waals surface area contributed by atoms with Gasteiger partial charge in [-0.2, -0.15) is 0 Å². The highest BCUT2D eigenvalue weighted by Crippen LogP contribution is 2.29. The molecule has 0 aromatic carbocycles. The van der Waals surface area contributed by atoms with E-state index >= 15 is 0 Å². The number of hydrogen-bond acceptors (Lipinski definition) is 2. The predicted octanol–water partition coefficient (Wildman–Crippen LogP) is 4.89. The van der Waals surface area contributed by atoms with Gasteiger partial charge < -0.3 is 5.32 Å². The number of hydrogen-bond donors (Lipinski definition) is 1. The third kappa shape index (κ3) is 4.36. The normalized spacial score (nSPS) is 11.6. The number of anilines is 1. The molecule has 0 unspecified atom stereocenters. The van der Waals surface area contributed by atoms with Crippen LogP contribution in [0.1, 0.15) is 27.2 Å². The minimum absolute atomic E-state index is 0.268. The van der Waals surface area contributed by atoms with Crippen molar-refractivity contribution < 1.29 is 0 Å². The predicted molar refractivity (Wildman–Crippen MR) is 71.8 cm³/mol. The van der Waals surface area contributed by atoms with E-state index in [1.165, 1.54) is 0 Å². The van der Waals surface area contributed by atoms with Crippen LogP contribution in [0.15, 0.2) is 6.07 Å². The lowest BCUT2D eigenvalue weighted by molar-refractivity contribution is 0.389. The summed E-state index contributed by atoms with van der Waals surface area (Å²) >= 11 is 17.6. The molecule has 0 spiro atoms. The molecule has 1 rings (SSSR count). The fraction of sp³-hybridized carbons (Fsp3) is 0.545. The lowest BCUT2D eigenvalue weighted by atomic mass is 9.92. The molecule has 0 fully saturated rings. The highest BCUT2D eigenvalue weighted by molar-refractivity contribution is 6.42. The Bertz CT molecular complexity index is 372. The molecule has 90 valence electrons. The van der Waals surface area contributed by atoms with E-state index in [2.05, 4.69) is 31.1 Å². The third-order valence-electron chi connectivity index (χ3n) is 2.05. The van der Waals surface area contributed by atoms with E-state index in [0.29, 0.717) is 15.9 Å². The standard InChI is InChI=1S/C11H15Cl3N2/c1-11(2,3)4-5-15-10-8(13)6-7(12)9(14)16-10/h6H,4-5H2,1-3H3,(H,15,16). The molecule has 0 aliphatic rings. The van der Waals surface area contributed by atoms with E-state index in [1.807, 2.05) is 0 Å². The van der Waals surface area contributed by atoms with Crippen LogP contribution in [0.4, 0.5) is 5.82 Å². The van der Waals surface area contributed by atoms with Crippen LogP contribution in [0.3, 0.4) is 0 Å². The third-order valence-corrected chi connectivity index (χ3v) is 3.02. The second-order valence-electron chi connectivity index (χ2n) is 4.83. The first-order valence-corrected chi connectivity index (χ1v) is 6.18. The fourth-order valence-electron chi connectivity index (χ4n) is 1.12. The lowest BCUT2D eigenvalue weighted by Crippen LogP contribution is -2.13. The molecule has 16 heavy (non-hydrogen) atoms. The Hall–Kier alpha value is -0.180. The Morgan fingerprint density at radius 2 is 1.81 bits per heavy atom. The molecule has 1 heterocycles. The topological polar surface area (TPSA) is 24.9 Å². The van der Waals surface area contributed by atoms with Crippen molar-refractivity contribution >= 4 is 40.6 Å². The van der Waals surface area contributed by atoms with Gasteiger partial charge in [-0.05, 0) is 17.9 Å². The van der Waals surface area contributed by atoms with E-state index in [-0.39, 0.29) is 10.6 Å². The van der Waals surface area contributed by atoms with Gasteiger partial charge in [-0.25, -0.2) is 4.98 Å². The van der Waals surface area contributed by atoms with Gasteiger partial charge in [0.2, 0.25) is 0 Å². The van der Waals surface area contributed by atoms with Crippen molar-refractivity contribution in [3.63, 3.8) is 0 Å². The van der Waals surface area contributed by atoms with Crippen LogP contribution >= 0.6 is 34.8 Å². The van der Waals surface area contributed by atoms with E-state index in [9.17, 15) is 0 Å². The van der Waals surface area contributed by atoms with Crippen molar-refractivity contribution in [1.29, 1.82) is 0 Å². The monoisotopic (exact) mass is 280 g/mol. The summed E-state index contributed by atoms with van der Waals surface area (Å²) in [6.07, 6.45) is 1.02. The van der Waals surface area contributed by atoms with Gasteiger partial charge in [0.25, 0.3) is 0 Å². The quantitative estimate of drug-likeness (QED) is 0.798. The van der Waals surface area contributed by atoms with Crippen molar-refractivity contribution in [3.8, 4) is 0 Å². The smallest absolute Gasteiger partial charge is 0.150 e. The largest absolute Gasteiger partial charge is 0.369 e. The van der Waals surface area contributed by atoms with Crippen LogP contribution in [0, 0.1) is 5.41 Å². The Morgan fingerprint density at radius 1 is 1.19 bits per heavy atom. The summed E-state index contributed by atoms with van der Waals surface area (Å²) < 4.78 is 0. The summed E-state index contributed by atoms with van der Waals surface area (Å²) in [6.45, 7) is 7.34. The van der Waals surface area contributed by atoms with Crippen LogP contribution in [0.2, 0.25) is 15.2 Å². The number of pyridine rings is 1. The maximum atomic E-state index is 5.98. The molecule has 0 bridgehead atoms. The molecule has 2 nitrogen and oxygen atoms in total. The Kier molecular flexibility index (Phi) is 4.72. The van der Waals surface area contributed by atoms with Gasteiger partial charge in [0, 0.05) is 6.54 Å². The summed E-state index contributed by atoms with van der Waals surface area (Å²) in [5, 5.41) is 4.28. The highest BCUT2D eigenvalue weighted by Gasteiger charge is 2.11. The molecule has 0 saturated heterocycles. The summed E-state index contributed by atoms with van der Waals surface area (Å²) in [5.41, 5.74) is 0.274. The van der Waals surface area contributed by atoms with E-state index in [1.54, 1.807) is 6.07 Å². The molecule has 0 aliphatic heterocycles. The van der Waals surface area contributed by atoms with Crippen LogP contribution in [0.25, 0.3) is 0 Å². The zero-order valence-corrected chi connectivity index (χ0v) is 11.8. The fourth-order valence-corrected chi connectivity index (χ4v) is 1.69. The van der Waals surface area contributed by atoms with Crippen molar-refractivity contribution in [2.45, 2.75) is 27.2 Å². The van der Waals surface area contributed by atoms with Gasteiger partial charge in [0.15, 0.2) is 0 Å².